The summed E-state index contributed by atoms with van der Waals surface area (Å²) in [5.41, 5.74) is 3.36. The summed E-state index contributed by atoms with van der Waals surface area (Å²) in [6, 6.07) is 18.4. The van der Waals surface area contributed by atoms with E-state index in [1.165, 1.54) is 11.9 Å². The second-order valence-electron chi connectivity index (χ2n) is 8.51. The normalized spacial score (nSPS) is 15.8. The summed E-state index contributed by atoms with van der Waals surface area (Å²) in [6.45, 7) is 9.05. The molecule has 0 spiro atoms. The third-order valence-electron chi connectivity index (χ3n) is 6.07. The predicted octanol–water partition coefficient (Wildman–Crippen LogP) is 2.84. The summed E-state index contributed by atoms with van der Waals surface area (Å²) >= 11 is 0. The van der Waals surface area contributed by atoms with Crippen molar-refractivity contribution in [2.45, 2.75) is 25.9 Å². The van der Waals surface area contributed by atoms with Gasteiger partial charge in [0.2, 0.25) is 0 Å². The van der Waals surface area contributed by atoms with E-state index in [9.17, 15) is 4.79 Å². The Labute approximate surface area is 195 Å². The van der Waals surface area contributed by atoms with Crippen molar-refractivity contribution in [3.8, 4) is 5.69 Å². The van der Waals surface area contributed by atoms with Crippen LogP contribution in [0.5, 0.6) is 0 Å². The molecule has 2 aromatic carbocycles. The molecule has 174 valence electrons. The number of benzene rings is 2. The number of piperazine rings is 1. The zero-order valence-electron chi connectivity index (χ0n) is 19.2. The fraction of sp³-hybridized carbons (Fsp3) is 0.400. The van der Waals surface area contributed by atoms with E-state index in [2.05, 4.69) is 60.8 Å². The third kappa shape index (κ3) is 6.87. The van der Waals surface area contributed by atoms with Crippen LogP contribution in [-0.4, -0.2) is 69.9 Å². The first kappa shape index (κ1) is 22.9. The Morgan fingerprint density at radius 1 is 1.00 bits per heavy atom. The molecule has 2 heterocycles. The largest absolute Gasteiger partial charge is 0.338 e. The number of nitrogens with zero attached hydrogens (tertiary/aromatic N) is 5. The number of carbonyl (C=O) groups is 1. The van der Waals surface area contributed by atoms with Crippen molar-refractivity contribution in [1.29, 1.82) is 0 Å². The lowest BCUT2D eigenvalue weighted by Crippen LogP contribution is -2.46. The first-order chi connectivity index (χ1) is 16.2. The monoisotopic (exact) mass is 447 g/mol. The van der Waals surface area contributed by atoms with Crippen molar-refractivity contribution in [2.75, 3.05) is 39.3 Å². The van der Waals surface area contributed by atoms with Crippen LogP contribution in [0, 0.1) is 0 Å². The topological polar surface area (TPSA) is 78.3 Å². The van der Waals surface area contributed by atoms with Crippen LogP contribution < -0.4 is 10.6 Å². The smallest absolute Gasteiger partial charge is 0.315 e. The Morgan fingerprint density at radius 3 is 2.42 bits per heavy atom. The molecule has 4 rings (SSSR count). The van der Waals surface area contributed by atoms with Crippen LogP contribution in [0.4, 0.5) is 4.79 Å². The molecule has 1 aliphatic rings. The minimum Gasteiger partial charge on any atom is -0.338 e. The van der Waals surface area contributed by atoms with Crippen LogP contribution in [0.1, 0.15) is 30.5 Å². The number of carbonyl (C=O) groups excluding carboxylic acids is 1. The highest BCUT2D eigenvalue weighted by Crippen LogP contribution is 2.15. The summed E-state index contributed by atoms with van der Waals surface area (Å²) in [6.07, 6.45) is 4.12. The van der Waals surface area contributed by atoms with Gasteiger partial charge in [0.15, 0.2) is 0 Å². The molecule has 8 nitrogen and oxygen atoms in total. The molecule has 0 saturated carbocycles. The van der Waals surface area contributed by atoms with E-state index in [4.69, 9.17) is 0 Å². The molecule has 3 aromatic rings. The second kappa shape index (κ2) is 11.6. The molecule has 1 atom stereocenters. The van der Waals surface area contributed by atoms with Gasteiger partial charge in [-0.15, -0.1) is 0 Å². The molecular formula is C25H33N7O. The maximum absolute atomic E-state index is 12.3. The van der Waals surface area contributed by atoms with E-state index in [0.717, 1.165) is 56.9 Å². The van der Waals surface area contributed by atoms with Gasteiger partial charge in [0.05, 0.1) is 11.7 Å². The van der Waals surface area contributed by atoms with Gasteiger partial charge in [0.25, 0.3) is 0 Å². The minimum absolute atomic E-state index is 0.0764. The van der Waals surface area contributed by atoms with E-state index in [1.807, 2.05) is 31.2 Å². The maximum Gasteiger partial charge on any atom is 0.315 e. The van der Waals surface area contributed by atoms with Gasteiger partial charge in [-0.3, -0.25) is 4.90 Å². The molecule has 1 fully saturated rings. The lowest BCUT2D eigenvalue weighted by atomic mass is 10.1. The molecule has 0 aliphatic carbocycles. The fourth-order valence-electron chi connectivity index (χ4n) is 4.11. The quantitative estimate of drug-likeness (QED) is 0.493. The zero-order valence-corrected chi connectivity index (χ0v) is 19.2. The Hall–Kier alpha value is -3.23. The number of aromatic nitrogens is 3. The number of hydrogen-bond donors (Lipinski definition) is 2. The third-order valence-corrected chi connectivity index (χ3v) is 6.07. The average Bonchev–Trinajstić information content (AvgIpc) is 3.39. The van der Waals surface area contributed by atoms with E-state index in [1.54, 1.807) is 11.0 Å². The predicted molar refractivity (Wildman–Crippen MR) is 129 cm³/mol. The lowest BCUT2D eigenvalue weighted by Gasteiger charge is -2.34. The molecule has 2 amide bonds. The molecule has 2 N–H and O–H groups in total. The Morgan fingerprint density at radius 2 is 1.73 bits per heavy atom. The lowest BCUT2D eigenvalue weighted by molar-refractivity contribution is 0.126. The number of urea groups is 1. The first-order valence-electron chi connectivity index (χ1n) is 11.7. The highest BCUT2D eigenvalue weighted by molar-refractivity contribution is 5.74. The van der Waals surface area contributed by atoms with Gasteiger partial charge in [-0.2, -0.15) is 5.10 Å². The molecule has 0 radical (unpaired) electrons. The van der Waals surface area contributed by atoms with Gasteiger partial charge in [0, 0.05) is 39.3 Å². The number of rotatable bonds is 9. The van der Waals surface area contributed by atoms with E-state index >= 15 is 0 Å². The van der Waals surface area contributed by atoms with Gasteiger partial charge >= 0.3 is 6.03 Å². The van der Waals surface area contributed by atoms with Crippen LogP contribution in [0.3, 0.4) is 0 Å². The second-order valence-corrected chi connectivity index (χ2v) is 8.51. The Balaban J connectivity index is 1.10. The fourth-order valence-corrected chi connectivity index (χ4v) is 4.11. The van der Waals surface area contributed by atoms with Crippen molar-refractivity contribution in [3.05, 3.63) is 78.4 Å². The van der Waals surface area contributed by atoms with Gasteiger partial charge in [-0.1, -0.05) is 42.5 Å². The SMILES string of the molecule is CC(NC(=O)NCCCN1CCN(Cc2ccccc2)CC1)c1ccc(-n2cncn2)cc1. The van der Waals surface area contributed by atoms with Crippen LogP contribution in [0.25, 0.3) is 5.69 Å². The minimum atomic E-state index is -0.129. The Bertz CT molecular complexity index is 968. The van der Waals surface area contributed by atoms with Crippen LogP contribution in [0.15, 0.2) is 67.3 Å². The number of hydrogen-bond acceptors (Lipinski definition) is 5. The summed E-state index contributed by atoms with van der Waals surface area (Å²) in [5.74, 6) is 0. The van der Waals surface area contributed by atoms with E-state index in [0.29, 0.717) is 6.54 Å². The molecule has 1 aliphatic heterocycles. The van der Waals surface area contributed by atoms with Crippen molar-refractivity contribution in [3.63, 3.8) is 0 Å². The summed E-state index contributed by atoms with van der Waals surface area (Å²) < 4.78 is 1.71. The van der Waals surface area contributed by atoms with Gasteiger partial charge in [-0.05, 0) is 43.1 Å². The van der Waals surface area contributed by atoms with Crippen molar-refractivity contribution < 1.29 is 4.79 Å². The first-order valence-corrected chi connectivity index (χ1v) is 11.7. The molecule has 0 bridgehead atoms. The van der Waals surface area contributed by atoms with Crippen LogP contribution in [-0.2, 0) is 6.54 Å². The highest BCUT2D eigenvalue weighted by atomic mass is 16.2. The van der Waals surface area contributed by atoms with Gasteiger partial charge < -0.3 is 15.5 Å². The molecule has 1 aromatic heterocycles. The van der Waals surface area contributed by atoms with Crippen molar-refractivity contribution in [1.82, 2.24) is 35.2 Å². The summed E-state index contributed by atoms with van der Waals surface area (Å²) in [4.78, 5) is 21.2. The summed E-state index contributed by atoms with van der Waals surface area (Å²) in [7, 11) is 0. The molecule has 8 heteroatoms. The van der Waals surface area contributed by atoms with E-state index in [-0.39, 0.29) is 12.1 Å². The molecule has 33 heavy (non-hydrogen) atoms. The van der Waals surface area contributed by atoms with E-state index < -0.39 is 0 Å². The zero-order chi connectivity index (χ0) is 22.9. The molecule has 1 unspecified atom stereocenters. The summed E-state index contributed by atoms with van der Waals surface area (Å²) in [5, 5.41) is 10.1. The number of amides is 2. The molecule has 1 saturated heterocycles. The van der Waals surface area contributed by atoms with Crippen molar-refractivity contribution in [2.24, 2.45) is 0 Å². The van der Waals surface area contributed by atoms with Crippen LogP contribution in [0.2, 0.25) is 0 Å². The van der Waals surface area contributed by atoms with Crippen LogP contribution >= 0.6 is 0 Å². The maximum atomic E-state index is 12.3. The highest BCUT2D eigenvalue weighted by Gasteiger charge is 2.16. The standard InChI is InChI=1S/C25H33N7O/c1-21(23-8-10-24(11-9-23)32-20-26-19-28-32)29-25(33)27-12-5-13-30-14-16-31(17-15-30)18-22-6-3-2-4-7-22/h2-4,6-11,19-21H,5,12-18H2,1H3,(H2,27,29,33). The average molecular weight is 448 g/mol. The molecular weight excluding hydrogens is 414 g/mol. The van der Waals surface area contributed by atoms with Gasteiger partial charge in [-0.25, -0.2) is 14.5 Å². The number of nitrogens with one attached hydrogen (secondary N) is 2. The van der Waals surface area contributed by atoms with Gasteiger partial charge in [0.1, 0.15) is 12.7 Å². The Kier molecular flexibility index (Phi) is 8.05. The van der Waals surface area contributed by atoms with Crippen molar-refractivity contribution >= 4 is 6.03 Å².